The number of hydrogen-bond acceptors (Lipinski definition) is 3. The number of methoxy groups -OCH3 is 1. The Morgan fingerprint density at radius 1 is 1.35 bits per heavy atom. The lowest BCUT2D eigenvalue weighted by Gasteiger charge is -2.15. The lowest BCUT2D eigenvalue weighted by Crippen LogP contribution is -2.33. The highest BCUT2D eigenvalue weighted by atomic mass is 16.5. The monoisotopic (exact) mass is 280 g/mol. The molecule has 0 fully saturated rings. The van der Waals surface area contributed by atoms with E-state index in [0.717, 1.165) is 11.3 Å². The summed E-state index contributed by atoms with van der Waals surface area (Å²) in [5.41, 5.74) is 1.68. The normalized spacial score (nSPS) is 13.6. The number of anilines is 1. The number of aliphatic hydroxyl groups is 1. The fourth-order valence-corrected chi connectivity index (χ4v) is 2.02. The molecule has 0 radical (unpaired) electrons. The van der Waals surface area contributed by atoms with Gasteiger partial charge < -0.3 is 20.5 Å². The molecule has 5 nitrogen and oxygen atoms in total. The van der Waals surface area contributed by atoms with Gasteiger partial charge in [-0.3, -0.25) is 0 Å². The van der Waals surface area contributed by atoms with Crippen LogP contribution in [0.3, 0.4) is 0 Å². The van der Waals surface area contributed by atoms with Crippen LogP contribution in [0.2, 0.25) is 0 Å². The van der Waals surface area contributed by atoms with Crippen molar-refractivity contribution in [1.82, 2.24) is 5.32 Å². The maximum absolute atomic E-state index is 11.8. The van der Waals surface area contributed by atoms with E-state index in [2.05, 4.69) is 10.6 Å². The summed E-state index contributed by atoms with van der Waals surface area (Å²) in [4.78, 5) is 11.8. The number of carbonyl (C=O) groups excluding carboxylic acids is 1. The first-order chi connectivity index (χ1) is 9.52. The fraction of sp³-hybridized carbons (Fsp3) is 0.533. The Bertz CT molecular complexity index is 421. The summed E-state index contributed by atoms with van der Waals surface area (Å²) in [5.74, 6) is 0.231. The van der Waals surface area contributed by atoms with Crippen LogP contribution in [0.15, 0.2) is 24.3 Å². The first-order valence-electron chi connectivity index (χ1n) is 6.82. The van der Waals surface area contributed by atoms with Gasteiger partial charge in [-0.1, -0.05) is 25.1 Å². The molecule has 2 unspecified atom stereocenters. The number of hydrogen-bond donors (Lipinski definition) is 3. The Morgan fingerprint density at radius 2 is 2.05 bits per heavy atom. The van der Waals surface area contributed by atoms with Gasteiger partial charge in [0.05, 0.1) is 12.7 Å². The van der Waals surface area contributed by atoms with Crippen LogP contribution in [0.25, 0.3) is 0 Å². The molecule has 0 aliphatic rings. The van der Waals surface area contributed by atoms with Gasteiger partial charge >= 0.3 is 6.03 Å². The van der Waals surface area contributed by atoms with Gasteiger partial charge in [-0.05, 0) is 25.3 Å². The number of ether oxygens (including phenoxy) is 1. The first-order valence-corrected chi connectivity index (χ1v) is 6.82. The zero-order chi connectivity index (χ0) is 15.0. The number of aliphatic hydroxyl groups excluding tert-OH is 1. The molecule has 0 saturated heterocycles. The van der Waals surface area contributed by atoms with Crippen molar-refractivity contribution in [3.8, 4) is 0 Å². The Morgan fingerprint density at radius 3 is 2.70 bits per heavy atom. The van der Waals surface area contributed by atoms with Crippen molar-refractivity contribution >= 4 is 11.7 Å². The number of nitrogens with one attached hydrogen (secondary N) is 2. The highest BCUT2D eigenvalue weighted by molar-refractivity contribution is 5.90. The number of rotatable bonds is 7. The average molecular weight is 280 g/mol. The van der Waals surface area contributed by atoms with Crippen LogP contribution in [0, 0.1) is 5.92 Å². The molecule has 112 valence electrons. The van der Waals surface area contributed by atoms with Gasteiger partial charge in [-0.2, -0.15) is 0 Å². The molecule has 1 aromatic rings. The van der Waals surface area contributed by atoms with Crippen molar-refractivity contribution in [1.29, 1.82) is 0 Å². The SMILES string of the molecule is COCc1ccccc1NC(=O)NCC(C)CC(C)O. The van der Waals surface area contributed by atoms with Crippen molar-refractivity contribution in [3.63, 3.8) is 0 Å². The molecule has 5 heteroatoms. The number of para-hydroxylation sites is 1. The van der Waals surface area contributed by atoms with Crippen LogP contribution in [0.1, 0.15) is 25.8 Å². The van der Waals surface area contributed by atoms with Crippen LogP contribution in [-0.2, 0) is 11.3 Å². The fourth-order valence-electron chi connectivity index (χ4n) is 2.02. The maximum atomic E-state index is 11.8. The van der Waals surface area contributed by atoms with E-state index in [-0.39, 0.29) is 18.1 Å². The van der Waals surface area contributed by atoms with Gasteiger partial charge in [0.2, 0.25) is 0 Å². The second-order valence-corrected chi connectivity index (χ2v) is 5.12. The minimum atomic E-state index is -0.350. The summed E-state index contributed by atoms with van der Waals surface area (Å²) in [7, 11) is 1.62. The minimum absolute atomic E-state index is 0.231. The largest absolute Gasteiger partial charge is 0.393 e. The second kappa shape index (κ2) is 8.55. The van der Waals surface area contributed by atoms with E-state index in [4.69, 9.17) is 4.74 Å². The summed E-state index contributed by atoms with van der Waals surface area (Å²) in [6, 6.07) is 7.28. The van der Waals surface area contributed by atoms with Gasteiger partial charge in [0.25, 0.3) is 0 Å². The molecule has 0 heterocycles. The van der Waals surface area contributed by atoms with Crippen LogP contribution in [-0.4, -0.2) is 30.9 Å². The van der Waals surface area contributed by atoms with Gasteiger partial charge in [-0.15, -0.1) is 0 Å². The van der Waals surface area contributed by atoms with Crippen molar-refractivity contribution in [2.75, 3.05) is 19.0 Å². The average Bonchev–Trinajstić information content (AvgIpc) is 2.38. The zero-order valence-electron chi connectivity index (χ0n) is 12.3. The topological polar surface area (TPSA) is 70.6 Å². The van der Waals surface area contributed by atoms with E-state index in [0.29, 0.717) is 19.6 Å². The van der Waals surface area contributed by atoms with Crippen molar-refractivity contribution in [2.45, 2.75) is 33.0 Å². The van der Waals surface area contributed by atoms with Crippen molar-refractivity contribution in [2.24, 2.45) is 5.92 Å². The predicted molar refractivity (Wildman–Crippen MR) is 79.6 cm³/mol. The molecule has 0 aromatic heterocycles. The molecule has 0 aliphatic heterocycles. The second-order valence-electron chi connectivity index (χ2n) is 5.12. The molecule has 0 spiro atoms. The van der Waals surface area contributed by atoms with E-state index in [1.165, 1.54) is 0 Å². The molecular weight excluding hydrogens is 256 g/mol. The van der Waals surface area contributed by atoms with Gasteiger partial charge in [0.15, 0.2) is 0 Å². The van der Waals surface area contributed by atoms with E-state index < -0.39 is 0 Å². The summed E-state index contributed by atoms with van der Waals surface area (Å²) in [5, 5.41) is 14.9. The molecule has 0 aliphatic carbocycles. The molecule has 20 heavy (non-hydrogen) atoms. The minimum Gasteiger partial charge on any atom is -0.393 e. The van der Waals surface area contributed by atoms with Crippen molar-refractivity contribution in [3.05, 3.63) is 29.8 Å². The molecule has 3 N–H and O–H groups in total. The summed E-state index contributed by atoms with van der Waals surface area (Å²) in [6.07, 6.45) is 0.317. The molecule has 0 saturated carbocycles. The van der Waals surface area contributed by atoms with E-state index in [1.807, 2.05) is 31.2 Å². The molecule has 1 rings (SSSR count). The highest BCUT2D eigenvalue weighted by Crippen LogP contribution is 2.15. The molecular formula is C15H24N2O3. The third-order valence-electron chi connectivity index (χ3n) is 2.92. The Balaban J connectivity index is 2.46. The molecule has 0 bridgehead atoms. The maximum Gasteiger partial charge on any atom is 0.319 e. The summed E-state index contributed by atoms with van der Waals surface area (Å²) < 4.78 is 5.09. The number of amides is 2. The van der Waals surface area contributed by atoms with Gasteiger partial charge in [-0.25, -0.2) is 4.79 Å². The smallest absolute Gasteiger partial charge is 0.319 e. The molecule has 2 amide bonds. The van der Waals surface area contributed by atoms with Crippen LogP contribution < -0.4 is 10.6 Å². The standard InChI is InChI=1S/C15H24N2O3/c1-11(8-12(2)18)9-16-15(19)17-14-7-5-4-6-13(14)10-20-3/h4-7,11-12,18H,8-10H2,1-3H3,(H2,16,17,19). The van der Waals surface area contributed by atoms with Crippen LogP contribution >= 0.6 is 0 Å². The first kappa shape index (κ1) is 16.5. The third-order valence-corrected chi connectivity index (χ3v) is 2.92. The Kier molecular flexibility index (Phi) is 7.04. The van der Waals surface area contributed by atoms with Gasteiger partial charge in [0.1, 0.15) is 0 Å². The van der Waals surface area contributed by atoms with Crippen molar-refractivity contribution < 1.29 is 14.6 Å². The Hall–Kier alpha value is -1.59. The van der Waals surface area contributed by atoms with Gasteiger partial charge in [0, 0.05) is 24.9 Å². The van der Waals surface area contributed by atoms with E-state index >= 15 is 0 Å². The summed E-state index contributed by atoms with van der Waals surface area (Å²) >= 11 is 0. The third kappa shape index (κ3) is 6.04. The zero-order valence-corrected chi connectivity index (χ0v) is 12.3. The summed E-state index contributed by atoms with van der Waals surface area (Å²) in [6.45, 7) is 4.72. The quantitative estimate of drug-likeness (QED) is 0.718. The van der Waals surface area contributed by atoms with Crippen LogP contribution in [0.5, 0.6) is 0 Å². The van der Waals surface area contributed by atoms with Crippen LogP contribution in [0.4, 0.5) is 10.5 Å². The van der Waals surface area contributed by atoms with E-state index in [9.17, 15) is 9.90 Å². The number of benzene rings is 1. The molecule has 1 aromatic carbocycles. The molecule has 2 atom stereocenters. The Labute approximate surface area is 120 Å². The lowest BCUT2D eigenvalue weighted by molar-refractivity contribution is 0.163. The highest BCUT2D eigenvalue weighted by Gasteiger charge is 2.09. The number of carbonyl (C=O) groups is 1. The lowest BCUT2D eigenvalue weighted by atomic mass is 10.1. The predicted octanol–water partition coefficient (Wildman–Crippen LogP) is 2.36. The number of urea groups is 1. The van der Waals surface area contributed by atoms with E-state index in [1.54, 1.807) is 14.0 Å².